The van der Waals surface area contributed by atoms with Crippen LogP contribution in [0.5, 0.6) is 0 Å². The lowest BCUT2D eigenvalue weighted by Gasteiger charge is -2.08. The number of imidazole rings is 1. The van der Waals surface area contributed by atoms with E-state index in [1.807, 2.05) is 30.5 Å². The van der Waals surface area contributed by atoms with E-state index in [4.69, 9.17) is 0 Å². The van der Waals surface area contributed by atoms with Crippen LogP contribution in [0.25, 0.3) is 5.65 Å². The fourth-order valence-electron chi connectivity index (χ4n) is 1.69. The van der Waals surface area contributed by atoms with E-state index < -0.39 is 6.10 Å². The molecular formula is C11H13BrN2O. The van der Waals surface area contributed by atoms with Crippen molar-refractivity contribution < 1.29 is 5.11 Å². The Morgan fingerprint density at radius 2 is 2.33 bits per heavy atom. The number of hydrogen-bond donors (Lipinski definition) is 1. The number of halogens is 1. The first-order chi connectivity index (χ1) is 7.13. The van der Waals surface area contributed by atoms with Gasteiger partial charge < -0.3 is 9.51 Å². The number of aromatic nitrogens is 2. The summed E-state index contributed by atoms with van der Waals surface area (Å²) in [4.78, 5) is 4.31. The number of pyridine rings is 1. The lowest BCUT2D eigenvalue weighted by molar-refractivity contribution is 0.168. The molecular weight excluding hydrogens is 256 g/mol. The van der Waals surface area contributed by atoms with Gasteiger partial charge in [0, 0.05) is 10.7 Å². The van der Waals surface area contributed by atoms with Gasteiger partial charge in [0.25, 0.3) is 0 Å². The van der Waals surface area contributed by atoms with Gasteiger partial charge in [0.15, 0.2) is 0 Å². The predicted octanol–water partition coefficient (Wildman–Crippen LogP) is 2.85. The normalized spacial score (nSPS) is 13.3. The SMILES string of the molecule is CCC(O)c1cnc2c(C)cc(Br)cn12. The van der Waals surface area contributed by atoms with Crippen LogP contribution in [0, 0.1) is 6.92 Å². The quantitative estimate of drug-likeness (QED) is 0.910. The molecule has 0 aliphatic heterocycles. The number of nitrogens with zero attached hydrogens (tertiary/aromatic N) is 2. The van der Waals surface area contributed by atoms with Crippen LogP contribution in [-0.4, -0.2) is 14.5 Å². The fraction of sp³-hybridized carbons (Fsp3) is 0.364. The highest BCUT2D eigenvalue weighted by Crippen LogP contribution is 2.22. The standard InChI is InChI=1S/C11H13BrN2O/c1-3-10(15)9-5-13-11-7(2)4-8(12)6-14(9)11/h4-6,10,15H,3H2,1-2H3. The molecule has 0 spiro atoms. The van der Waals surface area contributed by atoms with Crippen molar-refractivity contribution in [1.82, 2.24) is 9.38 Å². The summed E-state index contributed by atoms with van der Waals surface area (Å²) in [6.45, 7) is 3.96. The molecule has 15 heavy (non-hydrogen) atoms. The van der Waals surface area contributed by atoms with E-state index in [0.717, 1.165) is 21.4 Å². The first-order valence-electron chi connectivity index (χ1n) is 4.94. The molecule has 2 aromatic rings. The summed E-state index contributed by atoms with van der Waals surface area (Å²) in [6.07, 6.45) is 3.92. The Kier molecular flexibility index (Phi) is 2.80. The van der Waals surface area contributed by atoms with Crippen molar-refractivity contribution in [2.45, 2.75) is 26.4 Å². The Labute approximate surface area is 96.9 Å². The molecule has 0 aromatic carbocycles. The molecule has 0 saturated carbocycles. The van der Waals surface area contributed by atoms with Crippen molar-refractivity contribution >= 4 is 21.6 Å². The summed E-state index contributed by atoms with van der Waals surface area (Å²) in [5, 5.41) is 9.82. The van der Waals surface area contributed by atoms with Gasteiger partial charge in [-0.05, 0) is 40.9 Å². The Bertz CT molecular complexity index is 493. The van der Waals surface area contributed by atoms with E-state index >= 15 is 0 Å². The summed E-state index contributed by atoms with van der Waals surface area (Å²) >= 11 is 3.44. The van der Waals surface area contributed by atoms with Gasteiger partial charge in [-0.2, -0.15) is 0 Å². The van der Waals surface area contributed by atoms with Gasteiger partial charge in [0.2, 0.25) is 0 Å². The van der Waals surface area contributed by atoms with Crippen molar-refractivity contribution in [1.29, 1.82) is 0 Å². The maximum absolute atomic E-state index is 9.82. The maximum atomic E-state index is 9.82. The van der Waals surface area contributed by atoms with Gasteiger partial charge in [0.05, 0.1) is 18.0 Å². The third-order valence-corrected chi connectivity index (χ3v) is 2.95. The highest BCUT2D eigenvalue weighted by Gasteiger charge is 2.12. The van der Waals surface area contributed by atoms with E-state index in [9.17, 15) is 5.11 Å². The molecule has 4 heteroatoms. The summed E-state index contributed by atoms with van der Waals surface area (Å²) in [7, 11) is 0. The largest absolute Gasteiger partial charge is 0.387 e. The number of fused-ring (bicyclic) bond motifs is 1. The van der Waals surface area contributed by atoms with E-state index in [1.165, 1.54) is 0 Å². The average molecular weight is 269 g/mol. The molecule has 0 fully saturated rings. The zero-order valence-corrected chi connectivity index (χ0v) is 10.3. The van der Waals surface area contributed by atoms with Crippen LogP contribution in [0.15, 0.2) is 22.9 Å². The summed E-state index contributed by atoms with van der Waals surface area (Å²) in [5.41, 5.74) is 2.84. The van der Waals surface area contributed by atoms with Crippen LogP contribution >= 0.6 is 15.9 Å². The Balaban J connectivity index is 2.68. The van der Waals surface area contributed by atoms with Crippen LogP contribution < -0.4 is 0 Å². The molecule has 0 amide bonds. The molecule has 0 bridgehead atoms. The van der Waals surface area contributed by atoms with E-state index in [2.05, 4.69) is 20.9 Å². The monoisotopic (exact) mass is 268 g/mol. The van der Waals surface area contributed by atoms with Gasteiger partial charge in [-0.3, -0.25) is 0 Å². The van der Waals surface area contributed by atoms with E-state index in [1.54, 1.807) is 6.20 Å². The van der Waals surface area contributed by atoms with E-state index in [0.29, 0.717) is 6.42 Å². The van der Waals surface area contributed by atoms with Gasteiger partial charge in [0.1, 0.15) is 5.65 Å². The Morgan fingerprint density at radius 1 is 1.60 bits per heavy atom. The lowest BCUT2D eigenvalue weighted by Crippen LogP contribution is -2.00. The summed E-state index contributed by atoms with van der Waals surface area (Å²) < 4.78 is 2.93. The topological polar surface area (TPSA) is 37.5 Å². The molecule has 1 unspecified atom stereocenters. The Hall–Kier alpha value is -0.870. The minimum Gasteiger partial charge on any atom is -0.387 e. The molecule has 3 nitrogen and oxygen atoms in total. The fourth-order valence-corrected chi connectivity index (χ4v) is 2.24. The number of aliphatic hydroxyl groups is 1. The molecule has 2 rings (SSSR count). The summed E-state index contributed by atoms with van der Waals surface area (Å²) in [6, 6.07) is 2.02. The van der Waals surface area contributed by atoms with Crippen LogP contribution in [0.4, 0.5) is 0 Å². The average Bonchev–Trinajstić information content (AvgIpc) is 2.60. The summed E-state index contributed by atoms with van der Waals surface area (Å²) in [5.74, 6) is 0. The third kappa shape index (κ3) is 1.79. The zero-order valence-electron chi connectivity index (χ0n) is 8.74. The highest BCUT2D eigenvalue weighted by atomic mass is 79.9. The molecule has 0 aliphatic rings. The molecule has 2 heterocycles. The maximum Gasteiger partial charge on any atom is 0.139 e. The molecule has 0 aliphatic carbocycles. The van der Waals surface area contributed by atoms with E-state index in [-0.39, 0.29) is 0 Å². The van der Waals surface area contributed by atoms with Crippen LogP contribution in [0.1, 0.15) is 30.7 Å². The number of aryl methyl sites for hydroxylation is 1. The van der Waals surface area contributed by atoms with Crippen molar-refractivity contribution in [2.75, 3.05) is 0 Å². The molecule has 2 aromatic heterocycles. The zero-order chi connectivity index (χ0) is 11.0. The highest BCUT2D eigenvalue weighted by molar-refractivity contribution is 9.10. The van der Waals surface area contributed by atoms with Gasteiger partial charge in [-0.25, -0.2) is 4.98 Å². The second-order valence-corrected chi connectivity index (χ2v) is 4.56. The predicted molar refractivity (Wildman–Crippen MR) is 62.9 cm³/mol. The molecule has 1 N–H and O–H groups in total. The first kappa shape index (κ1) is 10.6. The first-order valence-corrected chi connectivity index (χ1v) is 5.74. The lowest BCUT2D eigenvalue weighted by atomic mass is 10.2. The number of rotatable bonds is 2. The second-order valence-electron chi connectivity index (χ2n) is 3.64. The minimum absolute atomic E-state index is 0.450. The Morgan fingerprint density at radius 3 is 3.00 bits per heavy atom. The third-order valence-electron chi connectivity index (χ3n) is 2.51. The van der Waals surface area contributed by atoms with Gasteiger partial charge >= 0.3 is 0 Å². The molecule has 0 saturated heterocycles. The molecule has 0 radical (unpaired) electrons. The van der Waals surface area contributed by atoms with Crippen molar-refractivity contribution in [2.24, 2.45) is 0 Å². The van der Waals surface area contributed by atoms with Gasteiger partial charge in [-0.15, -0.1) is 0 Å². The minimum atomic E-state index is -0.450. The number of aliphatic hydroxyl groups excluding tert-OH is 1. The second kappa shape index (κ2) is 3.94. The van der Waals surface area contributed by atoms with Crippen molar-refractivity contribution in [3.63, 3.8) is 0 Å². The van der Waals surface area contributed by atoms with Crippen LogP contribution in [0.3, 0.4) is 0 Å². The molecule has 80 valence electrons. The smallest absolute Gasteiger partial charge is 0.139 e. The van der Waals surface area contributed by atoms with Gasteiger partial charge in [-0.1, -0.05) is 6.92 Å². The van der Waals surface area contributed by atoms with Crippen LogP contribution in [-0.2, 0) is 0 Å². The van der Waals surface area contributed by atoms with Crippen molar-refractivity contribution in [3.8, 4) is 0 Å². The number of hydrogen-bond acceptors (Lipinski definition) is 2. The van der Waals surface area contributed by atoms with Crippen LogP contribution in [0.2, 0.25) is 0 Å². The van der Waals surface area contributed by atoms with Crippen molar-refractivity contribution in [3.05, 3.63) is 34.2 Å². The molecule has 1 atom stereocenters.